The quantitative estimate of drug-likeness (QED) is 0.762. The van der Waals surface area contributed by atoms with Crippen molar-refractivity contribution in [3.8, 4) is 0 Å². The van der Waals surface area contributed by atoms with E-state index in [-0.39, 0.29) is 11.9 Å². The van der Waals surface area contributed by atoms with E-state index >= 15 is 0 Å². The fraction of sp³-hybridized carbons (Fsp3) is 0.667. The fourth-order valence-corrected chi connectivity index (χ4v) is 2.17. The molecule has 0 radical (unpaired) electrons. The van der Waals surface area contributed by atoms with Crippen molar-refractivity contribution < 1.29 is 4.79 Å². The van der Waals surface area contributed by atoms with Gasteiger partial charge >= 0.3 is 0 Å². The summed E-state index contributed by atoms with van der Waals surface area (Å²) in [6.45, 7) is 7.88. The molecule has 0 aliphatic rings. The Balaban J connectivity index is 2.67. The highest BCUT2D eigenvalue weighted by molar-refractivity contribution is 5.92. The molecule has 0 aliphatic carbocycles. The molecule has 0 saturated carbocycles. The molecule has 0 aromatic carbocycles. The second-order valence-electron chi connectivity index (χ2n) is 5.88. The number of carbonyl (C=O) groups is 1. The van der Waals surface area contributed by atoms with Crippen LogP contribution in [0.15, 0.2) is 12.4 Å². The molecule has 2 N–H and O–H groups in total. The Hall–Kier alpha value is -1.69. The first-order chi connectivity index (χ1) is 9.92. The van der Waals surface area contributed by atoms with Crippen molar-refractivity contribution in [2.45, 2.75) is 33.2 Å². The van der Waals surface area contributed by atoms with Gasteiger partial charge in [-0.1, -0.05) is 13.8 Å². The summed E-state index contributed by atoms with van der Waals surface area (Å²) in [6.07, 6.45) is 4.03. The topological polar surface area (TPSA) is 70.2 Å². The molecule has 1 aromatic heterocycles. The van der Waals surface area contributed by atoms with E-state index in [1.165, 1.54) is 6.20 Å². The third kappa shape index (κ3) is 6.53. The predicted octanol–water partition coefficient (Wildman–Crippen LogP) is 1.61. The van der Waals surface area contributed by atoms with Gasteiger partial charge < -0.3 is 15.5 Å². The number of rotatable bonds is 8. The molecule has 1 aromatic rings. The molecule has 0 fully saturated rings. The number of nitrogens with one attached hydrogen (secondary N) is 2. The van der Waals surface area contributed by atoms with Gasteiger partial charge in [0.2, 0.25) is 0 Å². The number of nitrogens with zero attached hydrogens (tertiary/aromatic N) is 3. The van der Waals surface area contributed by atoms with Crippen LogP contribution in [0.1, 0.15) is 37.7 Å². The van der Waals surface area contributed by atoms with Crippen LogP contribution in [0.2, 0.25) is 0 Å². The molecular formula is C15H27N5O. The number of anilines is 1. The highest BCUT2D eigenvalue weighted by Crippen LogP contribution is 2.07. The standard InChI is InChI=1S/C15H27N5O/c1-6-16-14-9-17-13(8-18-14)15(21)19-12(7-11(2)3)10-20(4)5/h8-9,11-12H,6-7,10H2,1-5H3,(H,16,18)(H,19,21). The minimum absolute atomic E-state index is 0.114. The minimum Gasteiger partial charge on any atom is -0.369 e. The van der Waals surface area contributed by atoms with Gasteiger partial charge in [-0.3, -0.25) is 4.79 Å². The molecule has 0 spiro atoms. The van der Waals surface area contributed by atoms with Gasteiger partial charge in [-0.25, -0.2) is 9.97 Å². The summed E-state index contributed by atoms with van der Waals surface area (Å²) in [5.74, 6) is 1.04. The molecule has 1 unspecified atom stereocenters. The lowest BCUT2D eigenvalue weighted by molar-refractivity contribution is 0.0919. The third-order valence-corrected chi connectivity index (χ3v) is 2.92. The van der Waals surface area contributed by atoms with Crippen molar-refractivity contribution in [2.24, 2.45) is 5.92 Å². The average Bonchev–Trinajstić information content (AvgIpc) is 2.38. The number of amides is 1. The Labute approximate surface area is 127 Å². The number of aromatic nitrogens is 2. The first kappa shape index (κ1) is 17.4. The van der Waals surface area contributed by atoms with Crippen molar-refractivity contribution in [2.75, 3.05) is 32.5 Å². The molecule has 1 amide bonds. The Bertz CT molecular complexity index is 420. The number of hydrogen-bond donors (Lipinski definition) is 2. The second-order valence-corrected chi connectivity index (χ2v) is 5.88. The lowest BCUT2D eigenvalue weighted by Gasteiger charge is -2.23. The van der Waals surface area contributed by atoms with Gasteiger partial charge in [-0.2, -0.15) is 0 Å². The molecule has 1 atom stereocenters. The summed E-state index contributed by atoms with van der Waals surface area (Å²) in [4.78, 5) is 22.6. The predicted molar refractivity (Wildman–Crippen MR) is 85.5 cm³/mol. The van der Waals surface area contributed by atoms with E-state index in [0.29, 0.717) is 17.4 Å². The SMILES string of the molecule is CCNc1cnc(C(=O)NC(CC(C)C)CN(C)C)cn1. The van der Waals surface area contributed by atoms with E-state index in [4.69, 9.17) is 0 Å². The van der Waals surface area contributed by atoms with Gasteiger partial charge in [0.25, 0.3) is 5.91 Å². The van der Waals surface area contributed by atoms with Crippen LogP contribution in [0.25, 0.3) is 0 Å². The lowest BCUT2D eigenvalue weighted by Crippen LogP contribution is -2.42. The highest BCUT2D eigenvalue weighted by atomic mass is 16.1. The van der Waals surface area contributed by atoms with Crippen LogP contribution in [0.5, 0.6) is 0 Å². The minimum atomic E-state index is -0.168. The molecule has 0 bridgehead atoms. The van der Waals surface area contributed by atoms with Crippen LogP contribution in [0, 0.1) is 5.92 Å². The van der Waals surface area contributed by atoms with Crippen molar-refractivity contribution in [3.63, 3.8) is 0 Å². The number of carbonyl (C=O) groups excluding carboxylic acids is 1. The van der Waals surface area contributed by atoms with Crippen molar-refractivity contribution in [1.82, 2.24) is 20.2 Å². The first-order valence-electron chi connectivity index (χ1n) is 7.43. The third-order valence-electron chi connectivity index (χ3n) is 2.92. The largest absolute Gasteiger partial charge is 0.369 e. The summed E-state index contributed by atoms with van der Waals surface area (Å²) in [5.41, 5.74) is 0.351. The van der Waals surface area contributed by atoms with Crippen molar-refractivity contribution >= 4 is 11.7 Å². The maximum atomic E-state index is 12.2. The summed E-state index contributed by atoms with van der Waals surface area (Å²) < 4.78 is 0. The molecule has 1 rings (SSSR count). The first-order valence-corrected chi connectivity index (χ1v) is 7.43. The van der Waals surface area contributed by atoms with Crippen LogP contribution in [0.3, 0.4) is 0 Å². The van der Waals surface area contributed by atoms with Gasteiger partial charge in [0.1, 0.15) is 11.5 Å². The number of hydrogen-bond acceptors (Lipinski definition) is 5. The van der Waals surface area contributed by atoms with Gasteiger partial charge in [0.05, 0.1) is 12.4 Å². The summed E-state index contributed by atoms with van der Waals surface area (Å²) >= 11 is 0. The maximum Gasteiger partial charge on any atom is 0.271 e. The molecule has 6 heteroatoms. The van der Waals surface area contributed by atoms with Crippen molar-refractivity contribution in [3.05, 3.63) is 18.1 Å². The van der Waals surface area contributed by atoms with E-state index in [0.717, 1.165) is 19.5 Å². The normalized spacial score (nSPS) is 12.5. The zero-order chi connectivity index (χ0) is 15.8. The Morgan fingerprint density at radius 3 is 2.48 bits per heavy atom. The smallest absolute Gasteiger partial charge is 0.271 e. The summed E-state index contributed by atoms with van der Waals surface area (Å²) in [5, 5.41) is 6.10. The molecule has 0 saturated heterocycles. The van der Waals surface area contributed by atoms with E-state index in [2.05, 4.69) is 39.3 Å². The van der Waals surface area contributed by atoms with Gasteiger partial charge in [0.15, 0.2) is 0 Å². The van der Waals surface area contributed by atoms with E-state index < -0.39 is 0 Å². The van der Waals surface area contributed by atoms with E-state index in [1.54, 1.807) is 6.20 Å². The van der Waals surface area contributed by atoms with Crippen LogP contribution < -0.4 is 10.6 Å². The molecule has 0 aliphatic heterocycles. The maximum absolute atomic E-state index is 12.2. The van der Waals surface area contributed by atoms with Crippen LogP contribution >= 0.6 is 0 Å². The summed E-state index contributed by atoms with van der Waals surface area (Å²) in [7, 11) is 4.01. The zero-order valence-corrected chi connectivity index (χ0v) is 13.7. The average molecular weight is 293 g/mol. The van der Waals surface area contributed by atoms with Gasteiger partial charge in [-0.15, -0.1) is 0 Å². The highest BCUT2D eigenvalue weighted by Gasteiger charge is 2.17. The van der Waals surface area contributed by atoms with Crippen LogP contribution in [-0.2, 0) is 0 Å². The zero-order valence-electron chi connectivity index (χ0n) is 13.7. The molecule has 21 heavy (non-hydrogen) atoms. The van der Waals surface area contributed by atoms with E-state index in [9.17, 15) is 4.79 Å². The Kier molecular flexibility index (Phi) is 7.08. The number of likely N-dealkylation sites (N-methyl/N-ethyl adjacent to an activating group) is 1. The van der Waals surface area contributed by atoms with Crippen LogP contribution in [0.4, 0.5) is 5.82 Å². The second kappa shape index (κ2) is 8.56. The Morgan fingerprint density at radius 1 is 1.29 bits per heavy atom. The summed E-state index contributed by atoms with van der Waals surface area (Å²) in [6, 6.07) is 0.114. The monoisotopic (exact) mass is 293 g/mol. The lowest BCUT2D eigenvalue weighted by atomic mass is 10.0. The molecular weight excluding hydrogens is 266 g/mol. The van der Waals surface area contributed by atoms with Crippen LogP contribution in [-0.4, -0.2) is 54.0 Å². The van der Waals surface area contributed by atoms with Gasteiger partial charge in [0, 0.05) is 19.1 Å². The van der Waals surface area contributed by atoms with Crippen molar-refractivity contribution in [1.29, 1.82) is 0 Å². The fourth-order valence-electron chi connectivity index (χ4n) is 2.17. The molecule has 1 heterocycles. The molecule has 6 nitrogen and oxygen atoms in total. The molecule has 118 valence electrons. The Morgan fingerprint density at radius 2 is 2.00 bits per heavy atom. The van der Waals surface area contributed by atoms with Gasteiger partial charge in [-0.05, 0) is 33.4 Å². The van der Waals surface area contributed by atoms with E-state index in [1.807, 2.05) is 21.0 Å².